The summed E-state index contributed by atoms with van der Waals surface area (Å²) in [6.07, 6.45) is 1.60. The molecule has 0 spiro atoms. The van der Waals surface area contributed by atoms with Crippen molar-refractivity contribution in [3.8, 4) is 5.75 Å². The van der Waals surface area contributed by atoms with E-state index >= 15 is 0 Å². The minimum Gasteiger partial charge on any atom is -0.488 e. The van der Waals surface area contributed by atoms with Gasteiger partial charge >= 0.3 is 0 Å². The Hall–Kier alpha value is -2.46. The molecule has 0 aliphatic rings. The van der Waals surface area contributed by atoms with Gasteiger partial charge in [0.15, 0.2) is 0 Å². The van der Waals surface area contributed by atoms with Crippen molar-refractivity contribution in [2.24, 2.45) is 5.16 Å². The Labute approximate surface area is 189 Å². The number of ether oxygens (including phenoxy) is 1. The van der Waals surface area contributed by atoms with E-state index in [1.54, 1.807) is 18.3 Å². The van der Waals surface area contributed by atoms with Gasteiger partial charge in [-0.1, -0.05) is 45.4 Å². The molecular formula is C21H16BrIN2O4. The molecule has 0 aliphatic carbocycles. The van der Waals surface area contributed by atoms with Gasteiger partial charge < -0.3 is 9.57 Å². The van der Waals surface area contributed by atoms with Crippen molar-refractivity contribution in [1.29, 1.82) is 0 Å². The highest BCUT2D eigenvalue weighted by Crippen LogP contribution is 2.23. The molecule has 0 unspecified atom stereocenters. The van der Waals surface area contributed by atoms with E-state index < -0.39 is 4.92 Å². The van der Waals surface area contributed by atoms with Crippen LogP contribution in [0.3, 0.4) is 0 Å². The molecule has 0 heterocycles. The number of halogens is 2. The molecule has 0 radical (unpaired) electrons. The van der Waals surface area contributed by atoms with E-state index in [4.69, 9.17) is 9.57 Å². The molecule has 0 saturated heterocycles. The molecule has 6 nitrogen and oxygen atoms in total. The average molecular weight is 567 g/mol. The minimum atomic E-state index is -0.435. The number of rotatable bonds is 8. The molecule has 0 aliphatic heterocycles. The second kappa shape index (κ2) is 10.4. The van der Waals surface area contributed by atoms with E-state index in [9.17, 15) is 10.1 Å². The van der Waals surface area contributed by atoms with E-state index in [0.717, 1.165) is 24.9 Å². The molecular weight excluding hydrogens is 551 g/mol. The number of oxime groups is 1. The highest BCUT2D eigenvalue weighted by atomic mass is 127. The number of hydrogen-bond donors (Lipinski definition) is 0. The van der Waals surface area contributed by atoms with E-state index in [-0.39, 0.29) is 12.3 Å². The van der Waals surface area contributed by atoms with Gasteiger partial charge in [0, 0.05) is 16.6 Å². The molecule has 0 fully saturated rings. The number of nitrogens with zero attached hydrogens (tertiary/aromatic N) is 2. The lowest BCUT2D eigenvalue weighted by Crippen LogP contribution is -1.97. The molecule has 0 amide bonds. The Morgan fingerprint density at radius 3 is 2.55 bits per heavy atom. The van der Waals surface area contributed by atoms with E-state index in [0.29, 0.717) is 12.2 Å². The Kier molecular flexibility index (Phi) is 7.59. The lowest BCUT2D eigenvalue weighted by molar-refractivity contribution is -0.384. The average Bonchev–Trinajstić information content (AvgIpc) is 2.72. The minimum absolute atomic E-state index is 0.0309. The normalized spacial score (nSPS) is 10.8. The first-order chi connectivity index (χ1) is 14.0. The van der Waals surface area contributed by atoms with Crippen LogP contribution < -0.4 is 4.74 Å². The van der Waals surface area contributed by atoms with E-state index in [1.165, 1.54) is 12.1 Å². The quantitative estimate of drug-likeness (QED) is 0.143. The summed E-state index contributed by atoms with van der Waals surface area (Å²) in [5, 5.41) is 14.7. The summed E-state index contributed by atoms with van der Waals surface area (Å²) in [7, 11) is 0. The van der Waals surface area contributed by atoms with E-state index in [1.807, 2.05) is 42.5 Å². The fourth-order valence-corrected chi connectivity index (χ4v) is 3.39. The van der Waals surface area contributed by atoms with Gasteiger partial charge in [-0.2, -0.15) is 0 Å². The lowest BCUT2D eigenvalue weighted by Gasteiger charge is -2.09. The molecule has 8 heteroatoms. The molecule has 0 saturated carbocycles. The fourth-order valence-electron chi connectivity index (χ4n) is 2.43. The van der Waals surface area contributed by atoms with Crippen molar-refractivity contribution in [2.45, 2.75) is 13.2 Å². The Bertz CT molecular complexity index is 1030. The third kappa shape index (κ3) is 6.53. The molecule has 148 valence electrons. The van der Waals surface area contributed by atoms with Gasteiger partial charge in [0.1, 0.15) is 19.0 Å². The summed E-state index contributed by atoms with van der Waals surface area (Å²) in [6.45, 7) is 0.646. The van der Waals surface area contributed by atoms with Crippen molar-refractivity contribution >= 4 is 50.4 Å². The highest BCUT2D eigenvalue weighted by molar-refractivity contribution is 14.1. The maximum absolute atomic E-state index is 10.8. The maximum atomic E-state index is 10.8. The molecule has 0 N–H and O–H groups in total. The number of hydrogen-bond acceptors (Lipinski definition) is 5. The van der Waals surface area contributed by atoms with Crippen molar-refractivity contribution in [3.63, 3.8) is 0 Å². The summed E-state index contributed by atoms with van der Waals surface area (Å²) in [4.78, 5) is 15.6. The smallest absolute Gasteiger partial charge is 0.269 e. The lowest BCUT2D eigenvalue weighted by atomic mass is 10.2. The Morgan fingerprint density at radius 1 is 1.03 bits per heavy atom. The number of nitro groups is 1. The monoisotopic (exact) mass is 566 g/mol. The predicted octanol–water partition coefficient (Wildman–Crippen LogP) is 6.09. The van der Waals surface area contributed by atoms with Crippen LogP contribution in [0, 0.1) is 13.7 Å². The maximum Gasteiger partial charge on any atom is 0.269 e. The standard InChI is InChI=1S/C21H16BrIN2O4/c22-18-7-4-15(5-8-18)13-28-21-9-6-16(11-20(21)23)12-24-29-14-17-2-1-3-19(10-17)25(26)27/h1-12H,13-14H2/b24-12-. The van der Waals surface area contributed by atoms with Crippen LogP contribution in [0.15, 0.2) is 76.4 Å². The molecule has 0 atom stereocenters. The van der Waals surface area contributed by atoms with Crippen molar-refractivity contribution < 1.29 is 14.5 Å². The molecule has 0 bridgehead atoms. The third-order valence-electron chi connectivity index (χ3n) is 3.89. The zero-order chi connectivity index (χ0) is 20.6. The topological polar surface area (TPSA) is 74.0 Å². The van der Waals surface area contributed by atoms with Crippen molar-refractivity contribution in [1.82, 2.24) is 0 Å². The molecule has 3 aromatic carbocycles. The van der Waals surface area contributed by atoms with Crippen LogP contribution >= 0.6 is 38.5 Å². The van der Waals surface area contributed by atoms with Gasteiger partial charge in [0.25, 0.3) is 5.69 Å². The first kappa shape index (κ1) is 21.3. The second-order valence-corrected chi connectivity index (χ2v) is 8.12. The van der Waals surface area contributed by atoms with Crippen LogP contribution in [0.1, 0.15) is 16.7 Å². The Morgan fingerprint density at radius 2 is 1.83 bits per heavy atom. The summed E-state index contributed by atoms with van der Waals surface area (Å²) in [5.41, 5.74) is 2.67. The summed E-state index contributed by atoms with van der Waals surface area (Å²) < 4.78 is 7.87. The van der Waals surface area contributed by atoms with Gasteiger partial charge in [-0.05, 0) is 69.6 Å². The van der Waals surface area contributed by atoms with Crippen LogP contribution in [0.5, 0.6) is 5.75 Å². The highest BCUT2D eigenvalue weighted by Gasteiger charge is 2.06. The van der Waals surface area contributed by atoms with Crippen LogP contribution in [-0.4, -0.2) is 11.1 Å². The van der Waals surface area contributed by atoms with Crippen LogP contribution in [0.25, 0.3) is 0 Å². The van der Waals surface area contributed by atoms with Crippen molar-refractivity contribution in [2.75, 3.05) is 0 Å². The number of nitro benzene ring substituents is 1. The van der Waals surface area contributed by atoms with Gasteiger partial charge in [0.2, 0.25) is 0 Å². The first-order valence-corrected chi connectivity index (χ1v) is 10.4. The summed E-state index contributed by atoms with van der Waals surface area (Å²) >= 11 is 5.63. The molecule has 29 heavy (non-hydrogen) atoms. The van der Waals surface area contributed by atoms with Gasteiger partial charge in [-0.15, -0.1) is 0 Å². The van der Waals surface area contributed by atoms with E-state index in [2.05, 4.69) is 43.7 Å². The summed E-state index contributed by atoms with van der Waals surface area (Å²) in [5.74, 6) is 0.795. The first-order valence-electron chi connectivity index (χ1n) is 8.57. The Balaban J connectivity index is 1.53. The zero-order valence-corrected chi connectivity index (χ0v) is 18.9. The van der Waals surface area contributed by atoms with Crippen LogP contribution in [0.4, 0.5) is 5.69 Å². The van der Waals surface area contributed by atoms with Crippen LogP contribution in [-0.2, 0) is 18.1 Å². The second-order valence-electron chi connectivity index (χ2n) is 6.04. The third-order valence-corrected chi connectivity index (χ3v) is 5.26. The molecule has 3 aromatic rings. The molecule has 3 rings (SSSR count). The molecule has 0 aromatic heterocycles. The number of non-ortho nitro benzene ring substituents is 1. The largest absolute Gasteiger partial charge is 0.488 e. The van der Waals surface area contributed by atoms with Crippen LogP contribution in [0.2, 0.25) is 0 Å². The number of benzene rings is 3. The fraction of sp³-hybridized carbons (Fsp3) is 0.0952. The van der Waals surface area contributed by atoms with Gasteiger partial charge in [-0.3, -0.25) is 10.1 Å². The van der Waals surface area contributed by atoms with Gasteiger partial charge in [-0.25, -0.2) is 0 Å². The SMILES string of the molecule is O=[N+]([O-])c1cccc(CO/N=C\c2ccc(OCc3ccc(Br)cc3)c(I)c2)c1. The van der Waals surface area contributed by atoms with Crippen molar-refractivity contribution in [3.05, 3.63) is 102 Å². The zero-order valence-electron chi connectivity index (χ0n) is 15.1. The predicted molar refractivity (Wildman–Crippen MR) is 123 cm³/mol. The summed E-state index contributed by atoms with van der Waals surface area (Å²) in [6, 6.07) is 20.0. The van der Waals surface area contributed by atoms with Gasteiger partial charge in [0.05, 0.1) is 14.7 Å².